The van der Waals surface area contributed by atoms with Crippen molar-refractivity contribution in [1.82, 2.24) is 4.98 Å². The number of nitrogens with one attached hydrogen (secondary N) is 1. The van der Waals surface area contributed by atoms with Gasteiger partial charge in [-0.25, -0.2) is 4.98 Å². The average Bonchev–Trinajstić information content (AvgIpc) is 3.19. The minimum Gasteiger partial charge on any atom is -0.294 e. The van der Waals surface area contributed by atoms with Crippen LogP contribution in [-0.4, -0.2) is 16.5 Å². The molecule has 0 fully saturated rings. The molecule has 0 atom stereocenters. The van der Waals surface area contributed by atoms with E-state index in [2.05, 4.69) is 31.4 Å². The van der Waals surface area contributed by atoms with Gasteiger partial charge >= 0.3 is 0 Å². The normalized spacial score (nSPS) is 14.9. The Morgan fingerprint density at radius 1 is 1.08 bits per heavy atom. The highest BCUT2D eigenvalue weighted by Crippen LogP contribution is 2.27. The van der Waals surface area contributed by atoms with Gasteiger partial charge in [0.15, 0.2) is 5.78 Å². The van der Waals surface area contributed by atoms with E-state index in [4.69, 9.17) is 0 Å². The number of hydrogen-bond acceptors (Lipinski definition) is 5. The number of halogens is 1. The summed E-state index contributed by atoms with van der Waals surface area (Å²) in [6.07, 6.45) is 0.331. The van der Waals surface area contributed by atoms with E-state index >= 15 is 0 Å². The number of carbonyl (C=O) groups excluding carboxylic acids is 1. The van der Waals surface area contributed by atoms with Crippen LogP contribution in [0, 0.1) is 0 Å². The number of aromatic nitrogens is 1. The van der Waals surface area contributed by atoms with E-state index in [1.807, 2.05) is 53.9 Å². The molecule has 2 aromatic carbocycles. The number of anilines is 1. The lowest BCUT2D eigenvalue weighted by Gasteiger charge is -1.99. The number of benzene rings is 2. The Morgan fingerprint density at radius 3 is 2.62 bits per heavy atom. The molecule has 0 spiro atoms. The van der Waals surface area contributed by atoms with Crippen LogP contribution in [0.4, 0.5) is 5.13 Å². The third-order valence-electron chi connectivity index (χ3n) is 3.80. The van der Waals surface area contributed by atoms with Crippen molar-refractivity contribution in [2.75, 3.05) is 5.43 Å². The molecule has 0 aliphatic heterocycles. The quantitative estimate of drug-likeness (QED) is 0.634. The fraction of sp³-hybridized carbons (Fsp3) is 0.0556. The monoisotopic (exact) mass is 397 g/mol. The van der Waals surface area contributed by atoms with Crippen LogP contribution in [0.15, 0.2) is 63.5 Å². The third-order valence-corrected chi connectivity index (χ3v) is 5.07. The zero-order valence-corrected chi connectivity index (χ0v) is 14.9. The van der Waals surface area contributed by atoms with Crippen molar-refractivity contribution in [3.63, 3.8) is 0 Å². The van der Waals surface area contributed by atoms with Crippen molar-refractivity contribution in [3.8, 4) is 11.3 Å². The molecule has 24 heavy (non-hydrogen) atoms. The second-order valence-corrected chi connectivity index (χ2v) is 7.13. The van der Waals surface area contributed by atoms with Gasteiger partial charge in [0.1, 0.15) is 0 Å². The van der Waals surface area contributed by atoms with E-state index in [1.54, 1.807) is 0 Å². The lowest BCUT2D eigenvalue weighted by molar-refractivity contribution is 0.101. The number of Topliss-reactive ketones (excluding diaryl/α,β-unsaturated/α-hetero) is 1. The second kappa shape index (κ2) is 6.30. The first-order chi connectivity index (χ1) is 11.7. The van der Waals surface area contributed by atoms with Crippen molar-refractivity contribution < 1.29 is 4.79 Å². The van der Waals surface area contributed by atoms with Crippen LogP contribution in [0.5, 0.6) is 0 Å². The Balaban J connectivity index is 1.55. The Hall–Kier alpha value is -2.31. The van der Waals surface area contributed by atoms with E-state index in [0.717, 1.165) is 32.6 Å². The van der Waals surface area contributed by atoms with Gasteiger partial charge in [-0.05, 0) is 12.1 Å². The summed E-state index contributed by atoms with van der Waals surface area (Å²) >= 11 is 4.92. The molecule has 0 saturated carbocycles. The smallest absolute Gasteiger partial charge is 0.203 e. The molecule has 4 rings (SSSR count). The van der Waals surface area contributed by atoms with Crippen molar-refractivity contribution in [1.29, 1.82) is 0 Å². The van der Waals surface area contributed by atoms with Crippen LogP contribution in [0.25, 0.3) is 11.3 Å². The van der Waals surface area contributed by atoms with Gasteiger partial charge in [0, 0.05) is 26.5 Å². The van der Waals surface area contributed by atoms with Gasteiger partial charge in [0.05, 0.1) is 17.8 Å². The first-order valence-electron chi connectivity index (χ1n) is 7.37. The zero-order chi connectivity index (χ0) is 16.5. The predicted octanol–water partition coefficient (Wildman–Crippen LogP) is 4.98. The van der Waals surface area contributed by atoms with Crippen molar-refractivity contribution in [2.45, 2.75) is 6.42 Å². The Bertz CT molecular complexity index is 947. The van der Waals surface area contributed by atoms with Crippen LogP contribution >= 0.6 is 27.3 Å². The second-order valence-electron chi connectivity index (χ2n) is 5.36. The zero-order valence-electron chi connectivity index (χ0n) is 12.5. The van der Waals surface area contributed by atoms with E-state index in [-0.39, 0.29) is 5.78 Å². The van der Waals surface area contributed by atoms with Gasteiger partial charge in [-0.2, -0.15) is 5.10 Å². The summed E-state index contributed by atoms with van der Waals surface area (Å²) in [7, 11) is 0. The van der Waals surface area contributed by atoms with Gasteiger partial charge in [0.25, 0.3) is 0 Å². The number of fused-ring (bicyclic) bond motifs is 1. The molecule has 1 N–H and O–H groups in total. The lowest BCUT2D eigenvalue weighted by Crippen LogP contribution is -2.00. The summed E-state index contributed by atoms with van der Waals surface area (Å²) in [5.41, 5.74) is 7.34. The number of carbonyl (C=O) groups is 1. The summed E-state index contributed by atoms with van der Waals surface area (Å²) in [4.78, 5) is 16.5. The molecule has 3 aromatic rings. The lowest BCUT2D eigenvalue weighted by atomic mass is 10.1. The Morgan fingerprint density at radius 2 is 1.83 bits per heavy atom. The summed E-state index contributed by atoms with van der Waals surface area (Å²) in [5.74, 6) is 0.112. The molecule has 0 unspecified atom stereocenters. The predicted molar refractivity (Wildman–Crippen MR) is 101 cm³/mol. The van der Waals surface area contributed by atoms with Crippen molar-refractivity contribution in [3.05, 3.63) is 69.5 Å². The largest absolute Gasteiger partial charge is 0.294 e. The summed E-state index contributed by atoms with van der Waals surface area (Å²) in [6, 6.07) is 15.6. The maximum Gasteiger partial charge on any atom is 0.203 e. The first-order valence-corrected chi connectivity index (χ1v) is 9.04. The third kappa shape index (κ3) is 2.90. The van der Waals surface area contributed by atoms with Gasteiger partial charge in [-0.15, -0.1) is 11.3 Å². The number of hydrogen-bond donors (Lipinski definition) is 1. The van der Waals surface area contributed by atoms with Crippen molar-refractivity contribution >= 4 is 43.9 Å². The Kier molecular flexibility index (Phi) is 4.00. The van der Waals surface area contributed by atoms with Crippen LogP contribution in [-0.2, 0) is 0 Å². The van der Waals surface area contributed by atoms with Gasteiger partial charge in [-0.1, -0.05) is 52.3 Å². The molecule has 0 radical (unpaired) electrons. The summed E-state index contributed by atoms with van der Waals surface area (Å²) < 4.78 is 1.04. The highest BCUT2D eigenvalue weighted by Gasteiger charge is 2.24. The molecular weight excluding hydrogens is 386 g/mol. The fourth-order valence-electron chi connectivity index (χ4n) is 2.61. The van der Waals surface area contributed by atoms with Crippen molar-refractivity contribution in [2.24, 2.45) is 5.10 Å². The van der Waals surface area contributed by atoms with Gasteiger partial charge in [-0.3, -0.25) is 10.2 Å². The minimum atomic E-state index is 0.112. The molecule has 4 nitrogen and oxygen atoms in total. The standard InChI is InChI=1S/C18H12BrN3OS/c19-12-7-5-11(6-8-12)16-10-24-18(20-16)22-21-15-9-17(23)14-4-2-1-3-13(14)15/h1-8,10H,9H2,(H,20,22)/b21-15+. The van der Waals surface area contributed by atoms with Crippen LogP contribution < -0.4 is 5.43 Å². The fourth-order valence-corrected chi connectivity index (χ4v) is 3.54. The van der Waals surface area contributed by atoms with E-state index in [1.165, 1.54) is 11.3 Å². The van der Waals surface area contributed by atoms with E-state index in [9.17, 15) is 4.79 Å². The average molecular weight is 398 g/mol. The van der Waals surface area contributed by atoms with Crippen LogP contribution in [0.1, 0.15) is 22.3 Å². The minimum absolute atomic E-state index is 0.112. The highest BCUT2D eigenvalue weighted by molar-refractivity contribution is 9.10. The molecule has 0 saturated heterocycles. The molecule has 118 valence electrons. The maximum atomic E-state index is 12.0. The van der Waals surface area contributed by atoms with Crippen LogP contribution in [0.3, 0.4) is 0 Å². The maximum absolute atomic E-state index is 12.0. The molecule has 1 aliphatic rings. The van der Waals surface area contributed by atoms with E-state index in [0.29, 0.717) is 11.6 Å². The first kappa shape index (κ1) is 15.2. The topological polar surface area (TPSA) is 54.4 Å². The van der Waals surface area contributed by atoms with Crippen LogP contribution in [0.2, 0.25) is 0 Å². The van der Waals surface area contributed by atoms with Gasteiger partial charge < -0.3 is 0 Å². The number of rotatable bonds is 3. The van der Waals surface area contributed by atoms with Gasteiger partial charge in [0.2, 0.25) is 5.13 Å². The number of ketones is 1. The molecular formula is C18H12BrN3OS. The molecule has 1 heterocycles. The van der Waals surface area contributed by atoms with E-state index < -0.39 is 0 Å². The molecule has 6 heteroatoms. The SMILES string of the molecule is O=C1C/C(=N\Nc2nc(-c3ccc(Br)cc3)cs2)c2ccccc21. The summed E-state index contributed by atoms with van der Waals surface area (Å²) in [5, 5.41) is 7.08. The molecule has 1 aliphatic carbocycles. The number of hydrazone groups is 1. The molecule has 0 bridgehead atoms. The molecule has 1 aromatic heterocycles. The number of thiazole rings is 1. The molecule has 0 amide bonds. The Labute approximate surface area is 151 Å². The number of nitrogens with zero attached hydrogens (tertiary/aromatic N) is 2. The summed E-state index contributed by atoms with van der Waals surface area (Å²) in [6.45, 7) is 0. The highest BCUT2D eigenvalue weighted by atomic mass is 79.9.